The first-order chi connectivity index (χ1) is 16.3. The minimum atomic E-state index is 0.561. The van der Waals surface area contributed by atoms with Crippen molar-refractivity contribution in [3.63, 3.8) is 0 Å². The van der Waals surface area contributed by atoms with Crippen molar-refractivity contribution < 1.29 is 4.74 Å². The topological polar surface area (TPSA) is 53.0 Å². The van der Waals surface area contributed by atoms with Crippen LogP contribution in [-0.4, -0.2) is 43.2 Å². The SMILES string of the molecule is COc1cccc(-c2nn(CN(C)Cc3c(C)nn(Cc4ccccc4Cl)c3C)c(=S)n2C)c1. The molecular weight excluding hydrogens is 468 g/mol. The zero-order valence-corrected chi connectivity index (χ0v) is 21.7. The van der Waals surface area contributed by atoms with E-state index in [-0.39, 0.29) is 0 Å². The van der Waals surface area contributed by atoms with Gasteiger partial charge < -0.3 is 9.30 Å². The Hall–Kier alpha value is -2.94. The summed E-state index contributed by atoms with van der Waals surface area (Å²) in [5, 5.41) is 10.3. The molecular formula is C25H29ClN6OS. The molecule has 0 radical (unpaired) electrons. The number of nitrogens with zero attached hydrogens (tertiary/aromatic N) is 6. The average molecular weight is 497 g/mol. The van der Waals surface area contributed by atoms with Crippen LogP contribution < -0.4 is 4.74 Å². The van der Waals surface area contributed by atoms with Gasteiger partial charge in [-0.05, 0) is 56.9 Å². The second kappa shape index (κ2) is 10.1. The molecule has 9 heteroatoms. The summed E-state index contributed by atoms with van der Waals surface area (Å²) < 4.78 is 11.8. The van der Waals surface area contributed by atoms with Gasteiger partial charge in [-0.3, -0.25) is 9.58 Å². The monoisotopic (exact) mass is 496 g/mol. The van der Waals surface area contributed by atoms with Crippen molar-refractivity contribution in [2.45, 2.75) is 33.6 Å². The van der Waals surface area contributed by atoms with Crippen molar-refractivity contribution in [3.05, 3.63) is 80.8 Å². The van der Waals surface area contributed by atoms with Crippen LogP contribution in [0.2, 0.25) is 5.02 Å². The van der Waals surface area contributed by atoms with Crippen LogP contribution in [0.25, 0.3) is 11.4 Å². The molecule has 0 aliphatic heterocycles. The Labute approximate surface area is 210 Å². The Kier molecular flexibility index (Phi) is 7.21. The highest BCUT2D eigenvalue weighted by Crippen LogP contribution is 2.23. The summed E-state index contributed by atoms with van der Waals surface area (Å²) in [6.07, 6.45) is 0. The molecule has 0 aliphatic rings. The Morgan fingerprint density at radius 2 is 1.82 bits per heavy atom. The Bertz CT molecular complexity index is 1370. The zero-order valence-electron chi connectivity index (χ0n) is 20.1. The van der Waals surface area contributed by atoms with Crippen molar-refractivity contribution in [1.29, 1.82) is 0 Å². The van der Waals surface area contributed by atoms with Crippen molar-refractivity contribution in [1.82, 2.24) is 29.0 Å². The second-order valence-corrected chi connectivity index (χ2v) is 9.22. The first-order valence-electron chi connectivity index (χ1n) is 11.0. The molecule has 0 N–H and O–H groups in total. The zero-order chi connectivity index (χ0) is 24.4. The molecule has 0 fully saturated rings. The fraction of sp³-hybridized carbons (Fsp3) is 0.320. The summed E-state index contributed by atoms with van der Waals surface area (Å²) in [4.78, 5) is 2.19. The van der Waals surface area contributed by atoms with Crippen LogP contribution in [0.4, 0.5) is 0 Å². The maximum Gasteiger partial charge on any atom is 0.199 e. The van der Waals surface area contributed by atoms with Gasteiger partial charge in [-0.25, -0.2) is 4.68 Å². The average Bonchev–Trinajstić information content (AvgIpc) is 3.25. The van der Waals surface area contributed by atoms with Crippen molar-refractivity contribution in [2.24, 2.45) is 7.05 Å². The molecule has 0 amide bonds. The van der Waals surface area contributed by atoms with Gasteiger partial charge in [0.25, 0.3) is 0 Å². The molecule has 0 bridgehead atoms. The van der Waals surface area contributed by atoms with Gasteiger partial charge in [0.2, 0.25) is 0 Å². The highest BCUT2D eigenvalue weighted by Gasteiger charge is 2.16. The molecule has 0 unspecified atom stereocenters. The van der Waals surface area contributed by atoms with Gasteiger partial charge in [-0.15, -0.1) is 0 Å². The standard InChI is InChI=1S/C25H29ClN6OS/c1-17-22(18(2)31(27-17)14-20-9-6-7-12-23(20)26)15-29(3)16-32-25(34)30(4)24(28-32)19-10-8-11-21(13-19)33-5/h6-13H,14-16H2,1-5H3. The van der Waals surface area contributed by atoms with E-state index in [1.165, 1.54) is 5.56 Å². The lowest BCUT2D eigenvalue weighted by molar-refractivity contribution is 0.243. The number of aromatic nitrogens is 5. The quantitative estimate of drug-likeness (QED) is 0.312. The largest absolute Gasteiger partial charge is 0.497 e. The number of halogens is 1. The number of hydrogen-bond acceptors (Lipinski definition) is 5. The van der Waals surface area contributed by atoms with E-state index >= 15 is 0 Å². The summed E-state index contributed by atoms with van der Waals surface area (Å²) in [6.45, 7) is 6.09. The van der Waals surface area contributed by atoms with Crippen LogP contribution in [0.3, 0.4) is 0 Å². The van der Waals surface area contributed by atoms with Crippen LogP contribution >= 0.6 is 23.8 Å². The Balaban J connectivity index is 1.52. The number of ether oxygens (including phenoxy) is 1. The van der Waals surface area contributed by atoms with Crippen molar-refractivity contribution >= 4 is 23.8 Å². The smallest absolute Gasteiger partial charge is 0.199 e. The molecule has 0 spiro atoms. The summed E-state index contributed by atoms with van der Waals surface area (Å²) in [5.41, 5.74) is 5.36. The molecule has 0 saturated heterocycles. The van der Waals surface area contributed by atoms with Crippen LogP contribution in [0.15, 0.2) is 48.5 Å². The first-order valence-corrected chi connectivity index (χ1v) is 11.8. The highest BCUT2D eigenvalue weighted by molar-refractivity contribution is 7.71. The predicted molar refractivity (Wildman–Crippen MR) is 138 cm³/mol. The first kappa shape index (κ1) is 24.2. The van der Waals surface area contributed by atoms with Gasteiger partial charge >= 0.3 is 0 Å². The minimum Gasteiger partial charge on any atom is -0.497 e. The molecule has 4 aromatic rings. The fourth-order valence-electron chi connectivity index (χ4n) is 4.05. The van der Waals surface area contributed by atoms with Gasteiger partial charge in [0.1, 0.15) is 5.75 Å². The number of rotatable bonds is 8. The van der Waals surface area contributed by atoms with E-state index in [1.807, 2.05) is 76.4 Å². The lowest BCUT2D eigenvalue weighted by atomic mass is 10.2. The third-order valence-electron chi connectivity index (χ3n) is 5.98. The number of methoxy groups -OCH3 is 1. The third kappa shape index (κ3) is 4.94. The van der Waals surface area contributed by atoms with Crippen molar-refractivity contribution in [3.8, 4) is 17.1 Å². The van der Waals surface area contributed by atoms with Gasteiger partial charge in [-0.1, -0.05) is 41.9 Å². The highest BCUT2D eigenvalue weighted by atomic mass is 35.5. The maximum absolute atomic E-state index is 6.36. The lowest BCUT2D eigenvalue weighted by Gasteiger charge is -2.17. The maximum atomic E-state index is 6.36. The van der Waals surface area contributed by atoms with Gasteiger partial charge in [0, 0.05) is 35.4 Å². The molecule has 34 heavy (non-hydrogen) atoms. The second-order valence-electron chi connectivity index (χ2n) is 8.45. The van der Waals surface area contributed by atoms with Crippen LogP contribution in [0.5, 0.6) is 5.75 Å². The Morgan fingerprint density at radius 3 is 2.56 bits per heavy atom. The number of benzene rings is 2. The van der Waals surface area contributed by atoms with E-state index in [1.54, 1.807) is 7.11 Å². The molecule has 7 nitrogen and oxygen atoms in total. The predicted octanol–water partition coefficient (Wildman–Crippen LogP) is 5.23. The van der Waals surface area contributed by atoms with E-state index in [4.69, 9.17) is 38.8 Å². The van der Waals surface area contributed by atoms with E-state index in [2.05, 4.69) is 18.9 Å². The van der Waals surface area contributed by atoms with E-state index in [0.29, 0.717) is 18.0 Å². The molecule has 0 saturated carbocycles. The summed E-state index contributed by atoms with van der Waals surface area (Å²) >= 11 is 12.0. The van der Waals surface area contributed by atoms with Crippen LogP contribution in [0.1, 0.15) is 22.5 Å². The lowest BCUT2D eigenvalue weighted by Crippen LogP contribution is -2.23. The summed E-state index contributed by atoms with van der Waals surface area (Å²) in [5.74, 6) is 1.59. The summed E-state index contributed by atoms with van der Waals surface area (Å²) in [7, 11) is 5.66. The fourth-order valence-corrected chi connectivity index (χ4v) is 4.43. The minimum absolute atomic E-state index is 0.561. The number of aryl methyl sites for hydroxylation is 1. The third-order valence-corrected chi connectivity index (χ3v) is 6.83. The van der Waals surface area contributed by atoms with Gasteiger partial charge in [-0.2, -0.15) is 10.2 Å². The van der Waals surface area contributed by atoms with E-state index in [9.17, 15) is 0 Å². The molecule has 4 rings (SSSR count). The molecule has 0 atom stereocenters. The van der Waals surface area contributed by atoms with Gasteiger partial charge in [0.15, 0.2) is 10.6 Å². The molecule has 2 heterocycles. The van der Waals surface area contributed by atoms with Crippen LogP contribution in [-0.2, 0) is 26.8 Å². The summed E-state index contributed by atoms with van der Waals surface area (Å²) in [6, 6.07) is 15.7. The number of hydrogen-bond donors (Lipinski definition) is 0. The molecule has 178 valence electrons. The Morgan fingerprint density at radius 1 is 1.06 bits per heavy atom. The van der Waals surface area contributed by atoms with E-state index < -0.39 is 0 Å². The molecule has 2 aromatic carbocycles. The van der Waals surface area contributed by atoms with Gasteiger partial charge in [0.05, 0.1) is 26.0 Å². The normalized spacial score (nSPS) is 11.4. The van der Waals surface area contributed by atoms with Crippen LogP contribution in [0, 0.1) is 18.6 Å². The molecule has 0 aliphatic carbocycles. The van der Waals surface area contributed by atoms with E-state index in [0.717, 1.165) is 45.7 Å². The molecule has 2 aromatic heterocycles. The van der Waals surface area contributed by atoms with Crippen molar-refractivity contribution in [2.75, 3.05) is 14.2 Å².